The molecular weight excluding hydrogens is 350 g/mol. The first-order chi connectivity index (χ1) is 6.12. The Labute approximate surface area is 155 Å². The summed E-state index contributed by atoms with van der Waals surface area (Å²) in [5.74, 6) is 0. The third kappa shape index (κ3) is 29.8. The first kappa shape index (κ1) is 30.9. The molecule has 0 saturated carbocycles. The zero-order valence-electron chi connectivity index (χ0n) is 10.4. The molecule has 0 unspecified atom stereocenters. The molecule has 2 radical (unpaired) electrons. The minimum atomic E-state index is 0. The fraction of sp³-hybridized carbons (Fsp3) is 0.667. The summed E-state index contributed by atoms with van der Waals surface area (Å²) in [5, 5.41) is 0. The van der Waals surface area contributed by atoms with Gasteiger partial charge in [-0.2, -0.15) is 6.42 Å². The van der Waals surface area contributed by atoms with Crippen LogP contribution in [0.3, 0.4) is 0 Å². The van der Waals surface area contributed by atoms with Gasteiger partial charge >= 0.3 is 0 Å². The van der Waals surface area contributed by atoms with Crippen molar-refractivity contribution in [1.82, 2.24) is 9.80 Å². The Kier molecular flexibility index (Phi) is 49.9. The van der Waals surface area contributed by atoms with Gasteiger partial charge in [-0.25, -0.2) is 0 Å². The standard InChI is InChI=1S/C6H13N.C5H11N.CH4.2Y/c1-4-6-7(3)5-2;1-4-6(3)5-2;;;/h1-2,4-6H2,3H3;1-2,4-5H2,3H3;1H4;;/q2*-2;;;. The van der Waals surface area contributed by atoms with Crippen molar-refractivity contribution in [3.63, 3.8) is 0 Å². The molecule has 0 aromatic rings. The van der Waals surface area contributed by atoms with E-state index >= 15 is 0 Å². The average Bonchev–Trinajstić information content (AvgIpc) is 2.18. The van der Waals surface area contributed by atoms with Gasteiger partial charge in [0.25, 0.3) is 0 Å². The van der Waals surface area contributed by atoms with Crippen LogP contribution in [0.15, 0.2) is 0 Å². The van der Waals surface area contributed by atoms with E-state index in [4.69, 9.17) is 0 Å². The largest absolute Gasteiger partial charge is 0.365 e. The molecule has 0 bridgehead atoms. The van der Waals surface area contributed by atoms with Crippen LogP contribution in [-0.4, -0.2) is 50.1 Å². The molecule has 0 aliphatic carbocycles. The molecule has 0 atom stereocenters. The smallest absolute Gasteiger partial charge is 0 e. The van der Waals surface area contributed by atoms with E-state index in [9.17, 15) is 0 Å². The zero-order chi connectivity index (χ0) is 10.7. The Balaban J connectivity index is -0.0000000428. The number of hydrogen-bond donors (Lipinski definition) is 0. The summed E-state index contributed by atoms with van der Waals surface area (Å²) < 4.78 is 0. The van der Waals surface area contributed by atoms with Crippen LogP contribution in [0, 0.1) is 27.7 Å². The van der Waals surface area contributed by atoms with Crippen LogP contribution in [0.5, 0.6) is 0 Å². The van der Waals surface area contributed by atoms with Crippen LogP contribution in [0.1, 0.15) is 13.8 Å². The van der Waals surface area contributed by atoms with Crippen molar-refractivity contribution in [2.24, 2.45) is 0 Å². The predicted octanol–water partition coefficient (Wildman–Crippen LogP) is 2.19. The maximum Gasteiger partial charge on any atom is 0 e. The minimum absolute atomic E-state index is 0. The molecule has 0 fully saturated rings. The van der Waals surface area contributed by atoms with Gasteiger partial charge in [0.15, 0.2) is 0 Å². The summed E-state index contributed by atoms with van der Waals surface area (Å²) in [6.07, 6.45) is 0.978. The Bertz CT molecular complexity index is 89.1. The Hall–Kier alpha value is 2.13. The van der Waals surface area contributed by atoms with Gasteiger partial charge in [0.2, 0.25) is 0 Å². The van der Waals surface area contributed by atoms with E-state index in [1.165, 1.54) is 0 Å². The molecule has 0 heterocycles. The Morgan fingerprint density at radius 1 is 0.750 bits per heavy atom. The molecular formula is C12H28N2Y2-4. The van der Waals surface area contributed by atoms with Crippen LogP contribution >= 0.6 is 0 Å². The van der Waals surface area contributed by atoms with E-state index in [0.717, 1.165) is 32.6 Å². The predicted molar refractivity (Wildman–Crippen MR) is 67.8 cm³/mol. The molecule has 16 heavy (non-hydrogen) atoms. The molecule has 0 N–H and O–H groups in total. The quantitative estimate of drug-likeness (QED) is 0.677. The summed E-state index contributed by atoms with van der Waals surface area (Å²) in [6, 6.07) is 0. The first-order valence-electron chi connectivity index (χ1n) is 4.66. The van der Waals surface area contributed by atoms with Gasteiger partial charge in [0, 0.05) is 65.4 Å². The van der Waals surface area contributed by atoms with E-state index in [-0.39, 0.29) is 72.8 Å². The molecule has 0 rings (SSSR count). The normalized spacial score (nSPS) is 8.25. The van der Waals surface area contributed by atoms with E-state index < -0.39 is 0 Å². The van der Waals surface area contributed by atoms with Crippen LogP contribution in [0.4, 0.5) is 0 Å². The van der Waals surface area contributed by atoms with Crippen molar-refractivity contribution in [3.05, 3.63) is 27.7 Å². The Morgan fingerprint density at radius 2 is 1.06 bits per heavy atom. The molecule has 0 aliphatic rings. The number of hydrogen-bond acceptors (Lipinski definition) is 2. The maximum atomic E-state index is 3.70. The molecule has 4 heteroatoms. The molecule has 0 saturated heterocycles. The van der Waals surface area contributed by atoms with E-state index in [0.29, 0.717) is 0 Å². The van der Waals surface area contributed by atoms with E-state index in [1.54, 1.807) is 0 Å². The summed E-state index contributed by atoms with van der Waals surface area (Å²) in [4.78, 5) is 4.16. The zero-order valence-corrected chi connectivity index (χ0v) is 16.1. The van der Waals surface area contributed by atoms with E-state index in [1.807, 2.05) is 19.0 Å². The third-order valence-electron chi connectivity index (χ3n) is 1.68. The third-order valence-corrected chi connectivity index (χ3v) is 1.68. The monoisotopic (exact) mass is 378 g/mol. The van der Waals surface area contributed by atoms with Crippen molar-refractivity contribution < 1.29 is 65.4 Å². The molecule has 96 valence electrons. The van der Waals surface area contributed by atoms with Gasteiger partial charge in [0.05, 0.1) is 0 Å². The SMILES string of the molecule is C.[CH2-]CCN(C)C[CH2-].[CH2-]CN(C)C[CH2-].[Y].[Y]. The number of rotatable bonds is 5. The van der Waals surface area contributed by atoms with Gasteiger partial charge in [0.1, 0.15) is 0 Å². The maximum absolute atomic E-state index is 3.70. The van der Waals surface area contributed by atoms with Gasteiger partial charge in [-0.05, 0) is 20.6 Å². The fourth-order valence-corrected chi connectivity index (χ4v) is 0.494. The summed E-state index contributed by atoms with van der Waals surface area (Å²) in [7, 11) is 4.03. The summed E-state index contributed by atoms with van der Waals surface area (Å²) in [5.41, 5.74) is 0. The summed E-state index contributed by atoms with van der Waals surface area (Å²) in [6.45, 7) is 18.3. The van der Waals surface area contributed by atoms with Gasteiger partial charge in [-0.1, -0.05) is 7.43 Å². The molecule has 2 nitrogen and oxygen atoms in total. The first-order valence-corrected chi connectivity index (χ1v) is 4.66. The topological polar surface area (TPSA) is 6.48 Å². The molecule has 0 aromatic heterocycles. The van der Waals surface area contributed by atoms with Gasteiger partial charge in [-0.15, -0.1) is 19.6 Å². The second kappa shape index (κ2) is 25.9. The summed E-state index contributed by atoms with van der Waals surface area (Å²) >= 11 is 0. The van der Waals surface area contributed by atoms with Gasteiger partial charge in [-0.3, -0.25) is 0 Å². The van der Waals surface area contributed by atoms with Crippen LogP contribution in [0.25, 0.3) is 0 Å². The minimum Gasteiger partial charge on any atom is -0.365 e. The Morgan fingerprint density at radius 3 is 1.12 bits per heavy atom. The number of nitrogens with zero attached hydrogens (tertiary/aromatic N) is 2. The molecule has 0 aliphatic heterocycles. The van der Waals surface area contributed by atoms with Gasteiger partial charge < -0.3 is 37.5 Å². The van der Waals surface area contributed by atoms with Crippen LogP contribution in [-0.2, 0) is 65.4 Å². The van der Waals surface area contributed by atoms with Crippen molar-refractivity contribution in [2.75, 3.05) is 40.3 Å². The van der Waals surface area contributed by atoms with Crippen molar-refractivity contribution in [2.45, 2.75) is 13.8 Å². The molecule has 0 amide bonds. The second-order valence-electron chi connectivity index (χ2n) is 2.96. The van der Waals surface area contributed by atoms with Crippen molar-refractivity contribution in [3.8, 4) is 0 Å². The van der Waals surface area contributed by atoms with Crippen molar-refractivity contribution in [1.29, 1.82) is 0 Å². The molecule has 0 aromatic carbocycles. The van der Waals surface area contributed by atoms with Crippen LogP contribution in [0.2, 0.25) is 0 Å². The average molecular weight is 378 g/mol. The fourth-order valence-electron chi connectivity index (χ4n) is 0.494. The van der Waals surface area contributed by atoms with E-state index in [2.05, 4.69) is 32.6 Å². The van der Waals surface area contributed by atoms with Crippen LogP contribution < -0.4 is 0 Å². The second-order valence-corrected chi connectivity index (χ2v) is 2.96. The molecule has 0 spiro atoms. The van der Waals surface area contributed by atoms with Crippen molar-refractivity contribution >= 4 is 0 Å².